The quantitative estimate of drug-likeness (QED) is 0.508. The highest BCUT2D eigenvalue weighted by Gasteiger charge is 2.30. The normalized spacial score (nSPS) is 14.1. The molecule has 3 N–H and O–H groups in total. The highest BCUT2D eigenvalue weighted by Crippen LogP contribution is 2.35. The molecule has 0 saturated heterocycles. The fourth-order valence-electron chi connectivity index (χ4n) is 3.02. The summed E-state index contributed by atoms with van der Waals surface area (Å²) in [6.45, 7) is 0. The number of H-pyrrole nitrogens is 1. The molecule has 0 aliphatic heterocycles. The lowest BCUT2D eigenvalue weighted by atomic mass is 10.2. The van der Waals surface area contributed by atoms with Crippen molar-refractivity contribution >= 4 is 50.0 Å². The molecular weight excluding hydrogens is 430 g/mol. The van der Waals surface area contributed by atoms with Crippen molar-refractivity contribution in [2.75, 3.05) is 28.2 Å². The number of pyridine rings is 1. The number of rotatable bonds is 7. The maximum Gasteiger partial charge on any atom is 0.295 e. The number of alkyl halides is 2. The minimum Gasteiger partial charge on any atom is -0.352 e. The summed E-state index contributed by atoms with van der Waals surface area (Å²) in [6, 6.07) is 8.11. The van der Waals surface area contributed by atoms with Crippen molar-refractivity contribution in [2.24, 2.45) is 5.92 Å². The van der Waals surface area contributed by atoms with Gasteiger partial charge in [-0.3, -0.25) is 9.10 Å². The second-order valence-corrected chi connectivity index (χ2v) is 9.32. The Labute approximate surface area is 176 Å². The third-order valence-electron chi connectivity index (χ3n) is 4.89. The van der Waals surface area contributed by atoms with Crippen molar-refractivity contribution in [1.29, 1.82) is 0 Å². The number of anilines is 4. The van der Waals surface area contributed by atoms with Crippen LogP contribution in [0.15, 0.2) is 30.3 Å². The van der Waals surface area contributed by atoms with Crippen molar-refractivity contribution in [2.45, 2.75) is 19.3 Å². The first kappa shape index (κ1) is 21.0. The molecule has 3 aromatic rings. The van der Waals surface area contributed by atoms with Gasteiger partial charge in [-0.2, -0.15) is 0 Å². The molecule has 1 fully saturated rings. The summed E-state index contributed by atoms with van der Waals surface area (Å²) in [5.74, 6) is -0.650. The van der Waals surface area contributed by atoms with E-state index in [9.17, 15) is 22.0 Å². The van der Waals surface area contributed by atoms with Gasteiger partial charge in [0.2, 0.25) is 15.9 Å². The monoisotopic (exact) mass is 450 g/mol. The van der Waals surface area contributed by atoms with Crippen LogP contribution in [0.3, 0.4) is 0 Å². The van der Waals surface area contributed by atoms with E-state index in [1.54, 1.807) is 24.3 Å². The number of nitrogens with one attached hydrogen (secondary N) is 3. The Morgan fingerprint density at radius 3 is 2.58 bits per heavy atom. The van der Waals surface area contributed by atoms with Gasteiger partial charge in [0.05, 0.1) is 23.3 Å². The Hall–Kier alpha value is -3.28. The number of hydrogen-bond acceptors (Lipinski definition) is 6. The SMILES string of the molecule is CN(c1ccccc1Nc1cc(NC(=O)C2CC2)nc2[nH]c(C(F)F)nc12)S(C)(=O)=O. The molecule has 1 aliphatic carbocycles. The van der Waals surface area contributed by atoms with Crippen LogP contribution in [0, 0.1) is 5.92 Å². The molecule has 0 radical (unpaired) electrons. The smallest absolute Gasteiger partial charge is 0.295 e. The summed E-state index contributed by atoms with van der Waals surface area (Å²) in [7, 11) is -2.14. The first-order chi connectivity index (χ1) is 14.6. The predicted molar refractivity (Wildman–Crippen MR) is 113 cm³/mol. The Morgan fingerprint density at radius 2 is 1.94 bits per heavy atom. The average Bonchev–Trinajstić information content (AvgIpc) is 3.46. The molecule has 12 heteroatoms. The molecule has 1 aromatic carbocycles. The number of halogens is 2. The number of aromatic nitrogens is 3. The van der Waals surface area contributed by atoms with E-state index >= 15 is 0 Å². The maximum atomic E-state index is 13.2. The van der Waals surface area contributed by atoms with Crippen LogP contribution in [0.2, 0.25) is 0 Å². The molecule has 31 heavy (non-hydrogen) atoms. The Balaban J connectivity index is 1.78. The van der Waals surface area contributed by atoms with Crippen LogP contribution in [0.5, 0.6) is 0 Å². The number of imidazole rings is 1. The van der Waals surface area contributed by atoms with Gasteiger partial charge in [0.15, 0.2) is 11.5 Å². The second kappa shape index (κ2) is 7.76. The molecule has 2 aromatic heterocycles. The summed E-state index contributed by atoms with van der Waals surface area (Å²) in [5.41, 5.74) is 1.25. The molecular formula is C19H20F2N6O3S. The number of carbonyl (C=O) groups excluding carboxylic acids is 1. The fourth-order valence-corrected chi connectivity index (χ4v) is 3.54. The molecule has 1 aliphatic rings. The number of amides is 1. The molecule has 0 atom stereocenters. The summed E-state index contributed by atoms with van der Waals surface area (Å²) < 4.78 is 51.5. The number of fused-ring (bicyclic) bond motifs is 1. The van der Waals surface area contributed by atoms with Crippen LogP contribution < -0.4 is 14.9 Å². The molecule has 0 spiro atoms. The maximum absolute atomic E-state index is 13.2. The highest BCUT2D eigenvalue weighted by molar-refractivity contribution is 7.92. The number of aromatic amines is 1. The van der Waals surface area contributed by atoms with Gasteiger partial charge in [-0.15, -0.1) is 0 Å². The van der Waals surface area contributed by atoms with Gasteiger partial charge in [-0.1, -0.05) is 12.1 Å². The van der Waals surface area contributed by atoms with Crippen LogP contribution in [0.1, 0.15) is 25.1 Å². The number of carbonyl (C=O) groups is 1. The van der Waals surface area contributed by atoms with E-state index < -0.39 is 22.3 Å². The Bertz CT molecular complexity index is 1260. The summed E-state index contributed by atoms with van der Waals surface area (Å²) in [4.78, 5) is 22.8. The van der Waals surface area contributed by atoms with E-state index in [0.717, 1.165) is 23.4 Å². The predicted octanol–water partition coefficient (Wildman–Crippen LogP) is 3.38. The number of sulfonamides is 1. The number of benzene rings is 1. The number of para-hydroxylation sites is 2. The zero-order valence-corrected chi connectivity index (χ0v) is 17.5. The van der Waals surface area contributed by atoms with E-state index in [-0.39, 0.29) is 34.5 Å². The van der Waals surface area contributed by atoms with Gasteiger partial charge in [0.25, 0.3) is 6.43 Å². The van der Waals surface area contributed by atoms with E-state index in [4.69, 9.17) is 0 Å². The van der Waals surface area contributed by atoms with Gasteiger partial charge < -0.3 is 15.6 Å². The lowest BCUT2D eigenvalue weighted by Gasteiger charge is -2.21. The zero-order valence-electron chi connectivity index (χ0n) is 16.7. The third kappa shape index (κ3) is 4.43. The van der Waals surface area contributed by atoms with Crippen molar-refractivity contribution in [1.82, 2.24) is 15.0 Å². The Kier molecular flexibility index (Phi) is 5.25. The van der Waals surface area contributed by atoms with E-state index in [2.05, 4.69) is 25.6 Å². The van der Waals surface area contributed by atoms with E-state index in [0.29, 0.717) is 11.4 Å². The molecule has 4 rings (SSSR count). The lowest BCUT2D eigenvalue weighted by molar-refractivity contribution is -0.117. The van der Waals surface area contributed by atoms with Crippen LogP contribution in [0.4, 0.5) is 31.7 Å². The second-order valence-electron chi connectivity index (χ2n) is 7.31. The van der Waals surface area contributed by atoms with Crippen molar-refractivity contribution in [3.8, 4) is 0 Å². The van der Waals surface area contributed by atoms with Crippen molar-refractivity contribution in [3.05, 3.63) is 36.2 Å². The van der Waals surface area contributed by atoms with E-state index in [1.807, 2.05) is 0 Å². The van der Waals surface area contributed by atoms with Crippen molar-refractivity contribution in [3.63, 3.8) is 0 Å². The van der Waals surface area contributed by atoms with Crippen LogP contribution in [-0.2, 0) is 14.8 Å². The third-order valence-corrected chi connectivity index (χ3v) is 6.08. The molecule has 164 valence electrons. The minimum absolute atomic E-state index is 0.0698. The molecule has 1 amide bonds. The van der Waals surface area contributed by atoms with Crippen LogP contribution in [-0.4, -0.2) is 42.6 Å². The van der Waals surface area contributed by atoms with Gasteiger partial charge in [0, 0.05) is 19.0 Å². The lowest BCUT2D eigenvalue weighted by Crippen LogP contribution is -2.25. The largest absolute Gasteiger partial charge is 0.352 e. The molecule has 2 heterocycles. The van der Waals surface area contributed by atoms with Crippen molar-refractivity contribution < 1.29 is 22.0 Å². The standard InChI is InChI=1S/C19H20F2N6O3S/c1-27(31(2,29)30)13-6-4-3-5-11(13)22-12-9-14(24-19(28)10-7-8-10)23-17-15(12)25-18(26-17)16(20)21/h3-6,9-10,16H,7-8H2,1-2H3,(H3,22,23,24,25,26,28). The van der Waals surface area contributed by atoms with Crippen LogP contribution in [0.25, 0.3) is 11.2 Å². The van der Waals surface area contributed by atoms with Gasteiger partial charge in [0.1, 0.15) is 11.3 Å². The molecule has 0 bridgehead atoms. The molecule has 0 unspecified atom stereocenters. The number of nitrogens with zero attached hydrogens (tertiary/aromatic N) is 3. The summed E-state index contributed by atoms with van der Waals surface area (Å²) in [5, 5.41) is 5.75. The van der Waals surface area contributed by atoms with Crippen LogP contribution >= 0.6 is 0 Å². The first-order valence-corrected chi connectivity index (χ1v) is 11.3. The number of hydrogen-bond donors (Lipinski definition) is 3. The van der Waals surface area contributed by atoms with Gasteiger partial charge in [-0.25, -0.2) is 27.2 Å². The summed E-state index contributed by atoms with van der Waals surface area (Å²) in [6.07, 6.45) is -0.175. The fraction of sp³-hybridized carbons (Fsp3) is 0.316. The minimum atomic E-state index is -3.54. The zero-order chi connectivity index (χ0) is 22.3. The van der Waals surface area contributed by atoms with Gasteiger partial charge >= 0.3 is 0 Å². The van der Waals surface area contributed by atoms with Gasteiger partial charge in [-0.05, 0) is 25.0 Å². The molecule has 9 nitrogen and oxygen atoms in total. The average molecular weight is 450 g/mol. The van der Waals surface area contributed by atoms with E-state index in [1.165, 1.54) is 13.1 Å². The summed E-state index contributed by atoms with van der Waals surface area (Å²) >= 11 is 0. The molecule has 1 saturated carbocycles. The first-order valence-electron chi connectivity index (χ1n) is 9.43. The topological polar surface area (TPSA) is 120 Å². The highest BCUT2D eigenvalue weighted by atomic mass is 32.2. The Morgan fingerprint density at radius 1 is 1.23 bits per heavy atom.